The smallest absolute Gasteiger partial charge is 0.128 e. The zero-order chi connectivity index (χ0) is 17.6. The van der Waals surface area contributed by atoms with Crippen molar-refractivity contribution in [2.24, 2.45) is 0 Å². The second kappa shape index (κ2) is 11.2. The molecule has 2 aromatic rings. The molecule has 0 spiro atoms. The molecule has 0 bridgehead atoms. The molecule has 1 N–H and O–H groups in total. The first kappa shape index (κ1) is 23.3. The molecule has 2 aromatic carbocycles. The highest BCUT2D eigenvalue weighted by Gasteiger charge is 2.19. The van der Waals surface area contributed by atoms with Crippen molar-refractivity contribution in [1.29, 1.82) is 5.41 Å². The third-order valence-electron chi connectivity index (χ3n) is 4.80. The lowest BCUT2D eigenvalue weighted by molar-refractivity contribution is 0.153. The normalized spacial score (nSPS) is 14.1. The van der Waals surface area contributed by atoms with Gasteiger partial charge in [-0.25, -0.2) is 0 Å². The van der Waals surface area contributed by atoms with Crippen LogP contribution in [0.15, 0.2) is 48.5 Å². The Bertz CT molecular complexity index is 696. The average Bonchev–Trinajstić information content (AvgIpc) is 2.65. The molecule has 0 radical (unpaired) electrons. The number of aryl methyl sites for hydroxylation is 2. The molecular formula is C21H29Cl2N3O. The first-order chi connectivity index (χ1) is 12.1. The van der Waals surface area contributed by atoms with Crippen LogP contribution in [0.4, 0.5) is 0 Å². The quantitative estimate of drug-likeness (QED) is 0.594. The third-order valence-corrected chi connectivity index (χ3v) is 4.80. The number of nitrogens with one attached hydrogen (secondary N) is 1. The highest BCUT2D eigenvalue weighted by Crippen LogP contribution is 2.22. The van der Waals surface area contributed by atoms with E-state index >= 15 is 0 Å². The van der Waals surface area contributed by atoms with Crippen LogP contribution in [-0.2, 0) is 0 Å². The van der Waals surface area contributed by atoms with E-state index in [1.165, 1.54) is 11.1 Å². The van der Waals surface area contributed by atoms with E-state index in [1.807, 2.05) is 30.3 Å². The van der Waals surface area contributed by atoms with Gasteiger partial charge in [0.15, 0.2) is 0 Å². The molecule has 1 aliphatic heterocycles. The molecule has 4 nitrogen and oxygen atoms in total. The fourth-order valence-corrected chi connectivity index (χ4v) is 3.28. The summed E-state index contributed by atoms with van der Waals surface area (Å²) in [6.45, 7) is 9.58. The molecule has 1 aliphatic rings. The molecule has 0 atom stereocenters. The molecule has 27 heavy (non-hydrogen) atoms. The SMILES string of the molecule is Cc1cccc(C)c1OCCN1CCN(C(=N)c2ccccc2)CC1.Cl.Cl. The van der Waals surface area contributed by atoms with Crippen LogP contribution in [0.1, 0.15) is 16.7 Å². The Morgan fingerprint density at radius 2 is 1.48 bits per heavy atom. The maximum absolute atomic E-state index is 8.37. The highest BCUT2D eigenvalue weighted by molar-refractivity contribution is 5.96. The number of hydrogen-bond donors (Lipinski definition) is 1. The Hall–Kier alpha value is -1.75. The maximum atomic E-state index is 8.37. The summed E-state index contributed by atoms with van der Waals surface area (Å²) < 4.78 is 6.02. The van der Waals surface area contributed by atoms with Crippen molar-refractivity contribution < 1.29 is 4.74 Å². The minimum atomic E-state index is 0. The van der Waals surface area contributed by atoms with E-state index in [0.29, 0.717) is 12.4 Å². The van der Waals surface area contributed by atoms with Crippen molar-refractivity contribution in [1.82, 2.24) is 9.80 Å². The van der Waals surface area contributed by atoms with Crippen molar-refractivity contribution in [2.45, 2.75) is 13.8 Å². The van der Waals surface area contributed by atoms with E-state index in [-0.39, 0.29) is 24.8 Å². The van der Waals surface area contributed by atoms with E-state index in [9.17, 15) is 0 Å². The van der Waals surface area contributed by atoms with Gasteiger partial charge >= 0.3 is 0 Å². The Balaban J connectivity index is 0.00000182. The van der Waals surface area contributed by atoms with Crippen LogP contribution in [0.25, 0.3) is 0 Å². The van der Waals surface area contributed by atoms with Gasteiger partial charge in [-0.15, -0.1) is 24.8 Å². The van der Waals surface area contributed by atoms with Gasteiger partial charge < -0.3 is 9.64 Å². The van der Waals surface area contributed by atoms with Gasteiger partial charge in [-0.1, -0.05) is 48.5 Å². The van der Waals surface area contributed by atoms with Gasteiger partial charge in [0.1, 0.15) is 18.2 Å². The minimum Gasteiger partial charge on any atom is -0.492 e. The monoisotopic (exact) mass is 409 g/mol. The van der Waals surface area contributed by atoms with Crippen molar-refractivity contribution in [3.05, 3.63) is 65.2 Å². The Morgan fingerprint density at radius 1 is 0.889 bits per heavy atom. The van der Waals surface area contributed by atoms with Gasteiger partial charge in [0.25, 0.3) is 0 Å². The second-order valence-electron chi connectivity index (χ2n) is 6.61. The molecule has 0 amide bonds. The van der Waals surface area contributed by atoms with E-state index in [4.69, 9.17) is 10.1 Å². The Morgan fingerprint density at radius 3 is 2.07 bits per heavy atom. The zero-order valence-electron chi connectivity index (χ0n) is 16.0. The van der Waals surface area contributed by atoms with Crippen LogP contribution in [-0.4, -0.2) is 55.0 Å². The lowest BCUT2D eigenvalue weighted by Gasteiger charge is -2.36. The number of ether oxygens (including phenoxy) is 1. The van der Waals surface area contributed by atoms with Crippen LogP contribution >= 0.6 is 24.8 Å². The molecule has 1 heterocycles. The maximum Gasteiger partial charge on any atom is 0.128 e. The molecule has 0 saturated carbocycles. The van der Waals surface area contributed by atoms with E-state index in [0.717, 1.165) is 44.0 Å². The molecule has 1 saturated heterocycles. The van der Waals surface area contributed by atoms with Gasteiger partial charge in [0.2, 0.25) is 0 Å². The number of nitrogens with zero attached hydrogens (tertiary/aromatic N) is 2. The molecule has 1 fully saturated rings. The standard InChI is InChI=1S/C21H27N3O.2ClH/c1-17-7-6-8-18(2)20(17)25-16-15-23-11-13-24(14-12-23)21(22)19-9-4-3-5-10-19;;/h3-10,22H,11-16H2,1-2H3;2*1H. The molecule has 0 aromatic heterocycles. The van der Waals surface area contributed by atoms with Crippen LogP contribution in [0.2, 0.25) is 0 Å². The summed E-state index contributed by atoms with van der Waals surface area (Å²) in [6.07, 6.45) is 0. The van der Waals surface area contributed by atoms with Crippen LogP contribution in [0.3, 0.4) is 0 Å². The van der Waals surface area contributed by atoms with Crippen LogP contribution in [0.5, 0.6) is 5.75 Å². The highest BCUT2D eigenvalue weighted by atomic mass is 35.5. The third kappa shape index (κ3) is 6.13. The van der Waals surface area contributed by atoms with Crippen molar-refractivity contribution in [3.63, 3.8) is 0 Å². The molecule has 6 heteroatoms. The fourth-order valence-electron chi connectivity index (χ4n) is 3.28. The Labute approximate surface area is 174 Å². The molecule has 0 unspecified atom stereocenters. The Kier molecular flexibility index (Phi) is 9.64. The summed E-state index contributed by atoms with van der Waals surface area (Å²) in [7, 11) is 0. The lowest BCUT2D eigenvalue weighted by Crippen LogP contribution is -2.49. The summed E-state index contributed by atoms with van der Waals surface area (Å²) in [5, 5.41) is 8.37. The lowest BCUT2D eigenvalue weighted by atomic mass is 10.1. The van der Waals surface area contributed by atoms with E-state index in [1.54, 1.807) is 0 Å². The van der Waals surface area contributed by atoms with E-state index < -0.39 is 0 Å². The van der Waals surface area contributed by atoms with Gasteiger partial charge in [-0.3, -0.25) is 10.3 Å². The predicted molar refractivity (Wildman–Crippen MR) is 117 cm³/mol. The number of amidine groups is 1. The number of rotatable bonds is 5. The largest absolute Gasteiger partial charge is 0.492 e. The minimum absolute atomic E-state index is 0. The van der Waals surface area contributed by atoms with Gasteiger partial charge in [-0.05, 0) is 25.0 Å². The average molecular weight is 410 g/mol. The number of piperazine rings is 1. The number of halogens is 2. The topological polar surface area (TPSA) is 39.6 Å². The molecule has 148 valence electrons. The van der Waals surface area contributed by atoms with Crippen LogP contribution < -0.4 is 4.74 Å². The van der Waals surface area contributed by atoms with Crippen molar-refractivity contribution in [2.75, 3.05) is 39.3 Å². The number of hydrogen-bond acceptors (Lipinski definition) is 3. The second-order valence-corrected chi connectivity index (χ2v) is 6.61. The van der Waals surface area contributed by atoms with Crippen molar-refractivity contribution in [3.8, 4) is 5.75 Å². The zero-order valence-corrected chi connectivity index (χ0v) is 17.6. The summed E-state index contributed by atoms with van der Waals surface area (Å²) in [4.78, 5) is 4.58. The number of para-hydroxylation sites is 1. The molecule has 3 rings (SSSR count). The van der Waals surface area contributed by atoms with Gasteiger partial charge in [-0.2, -0.15) is 0 Å². The molecule has 0 aliphatic carbocycles. The summed E-state index contributed by atoms with van der Waals surface area (Å²) >= 11 is 0. The molecular weight excluding hydrogens is 381 g/mol. The van der Waals surface area contributed by atoms with E-state index in [2.05, 4.69) is 41.8 Å². The first-order valence-corrected chi connectivity index (χ1v) is 8.95. The summed E-state index contributed by atoms with van der Waals surface area (Å²) in [5.74, 6) is 1.65. The predicted octanol–water partition coefficient (Wildman–Crippen LogP) is 4.17. The number of benzene rings is 2. The summed E-state index contributed by atoms with van der Waals surface area (Å²) in [5.41, 5.74) is 3.39. The van der Waals surface area contributed by atoms with Gasteiger partial charge in [0, 0.05) is 38.3 Å². The van der Waals surface area contributed by atoms with Crippen LogP contribution in [0, 0.1) is 19.3 Å². The fraction of sp³-hybridized carbons (Fsp3) is 0.381. The van der Waals surface area contributed by atoms with Gasteiger partial charge in [0.05, 0.1) is 0 Å². The summed E-state index contributed by atoms with van der Waals surface area (Å²) in [6, 6.07) is 16.2. The van der Waals surface area contributed by atoms with Crippen molar-refractivity contribution >= 4 is 30.6 Å². The first-order valence-electron chi connectivity index (χ1n) is 8.95.